The molecule has 0 saturated carbocycles. The van der Waals surface area contributed by atoms with Crippen molar-refractivity contribution >= 4 is 40.0 Å². The second-order valence-corrected chi connectivity index (χ2v) is 7.83. The molecule has 1 N–H and O–H groups in total. The average Bonchev–Trinajstić information content (AvgIpc) is 3.16. The summed E-state index contributed by atoms with van der Waals surface area (Å²) in [6.45, 7) is 4.31. The lowest BCUT2D eigenvalue weighted by Crippen LogP contribution is -2.23. The van der Waals surface area contributed by atoms with Gasteiger partial charge in [-0.05, 0) is 43.2 Å². The maximum Gasteiger partial charge on any atom is 0.262 e. The molecule has 30 heavy (non-hydrogen) atoms. The van der Waals surface area contributed by atoms with Crippen LogP contribution in [-0.2, 0) is 11.3 Å². The van der Waals surface area contributed by atoms with Gasteiger partial charge in [-0.1, -0.05) is 36.9 Å². The van der Waals surface area contributed by atoms with Crippen molar-refractivity contribution in [3.63, 3.8) is 0 Å². The second-order valence-electron chi connectivity index (χ2n) is 6.89. The molecule has 2 heterocycles. The van der Waals surface area contributed by atoms with Crippen LogP contribution in [0.25, 0.3) is 16.7 Å². The highest BCUT2D eigenvalue weighted by atomic mass is 32.2. The van der Waals surface area contributed by atoms with E-state index in [1.165, 1.54) is 23.9 Å². The van der Waals surface area contributed by atoms with E-state index in [0.717, 1.165) is 12.0 Å². The summed E-state index contributed by atoms with van der Waals surface area (Å²) in [4.78, 5) is 25.3. The molecule has 0 radical (unpaired) electrons. The van der Waals surface area contributed by atoms with Crippen molar-refractivity contribution in [1.29, 1.82) is 0 Å². The summed E-state index contributed by atoms with van der Waals surface area (Å²) in [5.74, 6) is -0.175. The molecule has 0 aliphatic rings. The number of carbonyl (C=O) groups excluding carboxylic acids is 1. The quantitative estimate of drug-likeness (QED) is 0.477. The van der Waals surface area contributed by atoms with Gasteiger partial charge in [-0.2, -0.15) is 0 Å². The lowest BCUT2D eigenvalue weighted by molar-refractivity contribution is -0.113. The van der Waals surface area contributed by atoms with Crippen LogP contribution in [0.15, 0.2) is 52.4 Å². The predicted molar refractivity (Wildman–Crippen MR) is 116 cm³/mol. The summed E-state index contributed by atoms with van der Waals surface area (Å²) >= 11 is 1.21. The molecule has 0 aliphatic carbocycles. The third kappa shape index (κ3) is 3.68. The molecule has 2 aromatic carbocycles. The van der Waals surface area contributed by atoms with E-state index in [4.69, 9.17) is 0 Å². The Morgan fingerprint density at radius 3 is 2.80 bits per heavy atom. The summed E-state index contributed by atoms with van der Waals surface area (Å²) in [7, 11) is 0. The van der Waals surface area contributed by atoms with Crippen LogP contribution in [0.4, 0.5) is 10.1 Å². The molecule has 1 amide bonds. The fraction of sp³-hybridized carbons (Fsp3) is 0.238. The number of nitrogens with one attached hydrogen (secondary N) is 1. The molecule has 0 bridgehead atoms. The van der Waals surface area contributed by atoms with Crippen molar-refractivity contribution < 1.29 is 9.18 Å². The van der Waals surface area contributed by atoms with Crippen LogP contribution in [0.1, 0.15) is 18.9 Å². The number of carbonyl (C=O) groups is 1. The molecule has 0 aliphatic heterocycles. The number of aryl methyl sites for hydroxylation is 2. The number of nitrogens with zero attached hydrogens (tertiary/aromatic N) is 4. The fourth-order valence-corrected chi connectivity index (χ4v) is 4.04. The van der Waals surface area contributed by atoms with Gasteiger partial charge in [0.2, 0.25) is 11.7 Å². The van der Waals surface area contributed by atoms with Crippen LogP contribution in [0.3, 0.4) is 0 Å². The Balaban J connectivity index is 1.66. The van der Waals surface area contributed by atoms with Gasteiger partial charge in [0.05, 0.1) is 16.7 Å². The van der Waals surface area contributed by atoms with Crippen LogP contribution in [0.2, 0.25) is 0 Å². The number of hydrogen-bond acceptors (Lipinski definition) is 5. The predicted octanol–water partition coefficient (Wildman–Crippen LogP) is 3.63. The number of rotatable bonds is 6. The number of amides is 1. The minimum absolute atomic E-state index is 0.0674. The Morgan fingerprint density at radius 1 is 1.20 bits per heavy atom. The summed E-state index contributed by atoms with van der Waals surface area (Å²) in [6, 6.07) is 11.5. The highest BCUT2D eigenvalue weighted by Gasteiger charge is 2.17. The Kier molecular flexibility index (Phi) is 5.54. The first-order chi connectivity index (χ1) is 14.5. The van der Waals surface area contributed by atoms with Gasteiger partial charge in [-0.3, -0.25) is 18.6 Å². The normalized spacial score (nSPS) is 11.3. The van der Waals surface area contributed by atoms with Gasteiger partial charge in [0.25, 0.3) is 5.56 Å². The topological polar surface area (TPSA) is 81.3 Å². The Hall–Kier alpha value is -3.20. The molecule has 0 saturated heterocycles. The molecule has 0 unspecified atom stereocenters. The zero-order valence-corrected chi connectivity index (χ0v) is 17.4. The first kappa shape index (κ1) is 20.1. The Bertz CT molecular complexity index is 1310. The fourth-order valence-electron chi connectivity index (χ4n) is 3.30. The van der Waals surface area contributed by atoms with E-state index < -0.39 is 5.82 Å². The van der Waals surface area contributed by atoms with Gasteiger partial charge in [-0.15, -0.1) is 10.2 Å². The highest BCUT2D eigenvalue weighted by Crippen LogP contribution is 2.22. The molecule has 2 aromatic heterocycles. The van der Waals surface area contributed by atoms with E-state index in [1.807, 2.05) is 25.1 Å². The standard InChI is InChI=1S/C21H20FN5O2S/c1-3-10-26-19(29)15-6-4-5-7-17(15)27-20(26)24-25-21(27)30-12-18(28)23-16-11-14(22)9-8-13(16)2/h4-9,11H,3,10,12H2,1-2H3,(H,23,28). The average molecular weight is 425 g/mol. The maximum atomic E-state index is 13.5. The number of aromatic nitrogens is 4. The van der Waals surface area contributed by atoms with E-state index in [-0.39, 0.29) is 17.2 Å². The minimum Gasteiger partial charge on any atom is -0.325 e. The number of fused-ring (bicyclic) bond motifs is 3. The highest BCUT2D eigenvalue weighted by molar-refractivity contribution is 7.99. The van der Waals surface area contributed by atoms with Crippen molar-refractivity contribution in [2.45, 2.75) is 32.0 Å². The van der Waals surface area contributed by atoms with E-state index in [1.54, 1.807) is 28.0 Å². The van der Waals surface area contributed by atoms with Gasteiger partial charge in [0.15, 0.2) is 5.16 Å². The summed E-state index contributed by atoms with van der Waals surface area (Å²) < 4.78 is 16.9. The van der Waals surface area contributed by atoms with Crippen LogP contribution >= 0.6 is 11.8 Å². The van der Waals surface area contributed by atoms with Crippen LogP contribution in [0, 0.1) is 12.7 Å². The molecule has 0 atom stereocenters. The Morgan fingerprint density at radius 2 is 2.00 bits per heavy atom. The van der Waals surface area contributed by atoms with E-state index in [2.05, 4.69) is 15.5 Å². The molecule has 0 spiro atoms. The molecule has 154 valence electrons. The number of halogens is 1. The SMILES string of the molecule is CCCn1c(=O)c2ccccc2n2c(SCC(=O)Nc3cc(F)ccc3C)nnc12. The smallest absolute Gasteiger partial charge is 0.262 e. The third-order valence-electron chi connectivity index (χ3n) is 4.73. The summed E-state index contributed by atoms with van der Waals surface area (Å²) in [5.41, 5.74) is 1.80. The maximum absolute atomic E-state index is 13.5. The summed E-state index contributed by atoms with van der Waals surface area (Å²) in [6.07, 6.45) is 0.776. The molecule has 9 heteroatoms. The minimum atomic E-state index is -0.410. The van der Waals surface area contributed by atoms with Crippen molar-refractivity contribution in [3.8, 4) is 0 Å². The molecular formula is C21H20FN5O2S. The van der Waals surface area contributed by atoms with Gasteiger partial charge in [-0.25, -0.2) is 4.39 Å². The Labute approximate surface area is 175 Å². The zero-order valence-electron chi connectivity index (χ0n) is 16.6. The van der Waals surface area contributed by atoms with Crippen molar-refractivity contribution in [2.24, 2.45) is 0 Å². The number of hydrogen-bond donors (Lipinski definition) is 1. The number of para-hydroxylation sites is 1. The van der Waals surface area contributed by atoms with Crippen LogP contribution in [-0.4, -0.2) is 30.8 Å². The number of thioether (sulfide) groups is 1. The van der Waals surface area contributed by atoms with Gasteiger partial charge < -0.3 is 5.32 Å². The molecule has 4 aromatic rings. The number of anilines is 1. The molecule has 0 fully saturated rings. The lowest BCUT2D eigenvalue weighted by atomic mass is 10.2. The molecule has 4 rings (SSSR count). The molecule has 7 nitrogen and oxygen atoms in total. The summed E-state index contributed by atoms with van der Waals surface area (Å²) in [5, 5.41) is 12.2. The van der Waals surface area contributed by atoms with E-state index in [9.17, 15) is 14.0 Å². The third-order valence-corrected chi connectivity index (χ3v) is 5.66. The van der Waals surface area contributed by atoms with Crippen LogP contribution < -0.4 is 10.9 Å². The largest absolute Gasteiger partial charge is 0.325 e. The molecular weight excluding hydrogens is 405 g/mol. The first-order valence-electron chi connectivity index (χ1n) is 9.55. The van der Waals surface area contributed by atoms with Crippen molar-refractivity contribution in [1.82, 2.24) is 19.2 Å². The first-order valence-corrected chi connectivity index (χ1v) is 10.5. The lowest BCUT2D eigenvalue weighted by Gasteiger charge is -2.10. The monoisotopic (exact) mass is 425 g/mol. The van der Waals surface area contributed by atoms with E-state index in [0.29, 0.717) is 34.1 Å². The van der Waals surface area contributed by atoms with E-state index >= 15 is 0 Å². The van der Waals surface area contributed by atoms with Crippen LogP contribution in [0.5, 0.6) is 0 Å². The number of benzene rings is 2. The van der Waals surface area contributed by atoms with Gasteiger partial charge >= 0.3 is 0 Å². The van der Waals surface area contributed by atoms with Gasteiger partial charge in [0, 0.05) is 12.2 Å². The zero-order chi connectivity index (χ0) is 21.3. The second kappa shape index (κ2) is 8.27. The van der Waals surface area contributed by atoms with Gasteiger partial charge in [0.1, 0.15) is 5.82 Å². The van der Waals surface area contributed by atoms with Crippen molar-refractivity contribution in [2.75, 3.05) is 11.1 Å². The van der Waals surface area contributed by atoms with Crippen molar-refractivity contribution in [3.05, 3.63) is 64.2 Å².